The molecule has 0 aromatic carbocycles. The van der Waals surface area contributed by atoms with Gasteiger partial charge in [0.1, 0.15) is 5.60 Å². The van der Waals surface area contributed by atoms with Crippen molar-refractivity contribution in [3.63, 3.8) is 0 Å². The molecule has 7 heteroatoms. The minimum absolute atomic E-state index is 0.0759. The van der Waals surface area contributed by atoms with Crippen molar-refractivity contribution in [1.29, 1.82) is 0 Å². The van der Waals surface area contributed by atoms with Gasteiger partial charge >= 0.3 is 5.69 Å². The average Bonchev–Trinajstić information content (AvgIpc) is 2.60. The van der Waals surface area contributed by atoms with Crippen molar-refractivity contribution >= 4 is 8.07 Å². The monoisotopic (exact) mass is 326 g/mol. The molecule has 2 N–H and O–H groups in total. The first-order chi connectivity index (χ1) is 10.1. The van der Waals surface area contributed by atoms with Gasteiger partial charge in [-0.2, -0.15) is 0 Å². The molecule has 2 rings (SSSR count). The zero-order chi connectivity index (χ0) is 16.7. The molecule has 4 atom stereocenters. The Hall–Kier alpha value is -1.18. The van der Waals surface area contributed by atoms with Crippen molar-refractivity contribution < 1.29 is 9.84 Å². The lowest BCUT2D eigenvalue weighted by Gasteiger charge is -2.37. The van der Waals surface area contributed by atoms with Crippen molar-refractivity contribution in [1.82, 2.24) is 9.55 Å². The number of aliphatic hydroxyl groups is 1. The van der Waals surface area contributed by atoms with Gasteiger partial charge in [0.25, 0.3) is 5.56 Å². The molecule has 6 nitrogen and oxygen atoms in total. The molecule has 22 heavy (non-hydrogen) atoms. The third kappa shape index (κ3) is 3.11. The summed E-state index contributed by atoms with van der Waals surface area (Å²) >= 11 is 0. The molecule has 0 radical (unpaired) electrons. The summed E-state index contributed by atoms with van der Waals surface area (Å²) in [4.78, 5) is 25.6. The van der Waals surface area contributed by atoms with Gasteiger partial charge in [-0.1, -0.05) is 33.5 Å². The Morgan fingerprint density at radius 3 is 2.55 bits per heavy atom. The number of hydrogen-bond donors (Lipinski definition) is 2. The third-order valence-electron chi connectivity index (χ3n) is 4.40. The minimum atomic E-state index is -1.60. The van der Waals surface area contributed by atoms with E-state index >= 15 is 0 Å². The van der Waals surface area contributed by atoms with Crippen molar-refractivity contribution in [2.75, 3.05) is 0 Å². The summed E-state index contributed by atoms with van der Waals surface area (Å²) in [7, 11) is -1.60. The SMILES string of the molecule is CC[C@H]1O[C@@H](n2ccc(=O)[nH]c2=O)[C@](O)(C[Si](C)(C)C)[C@@H]1C. The van der Waals surface area contributed by atoms with Crippen molar-refractivity contribution in [3.8, 4) is 0 Å². The fraction of sp³-hybridized carbons (Fsp3) is 0.733. The zero-order valence-electron chi connectivity index (χ0n) is 13.9. The third-order valence-corrected chi connectivity index (χ3v) is 6.02. The summed E-state index contributed by atoms with van der Waals surface area (Å²) < 4.78 is 7.32. The van der Waals surface area contributed by atoms with Crippen LogP contribution in [0.15, 0.2) is 21.9 Å². The fourth-order valence-corrected chi connectivity index (χ4v) is 5.61. The Balaban J connectivity index is 2.51. The highest BCUT2D eigenvalue weighted by Crippen LogP contribution is 2.47. The second-order valence-corrected chi connectivity index (χ2v) is 12.9. The molecule has 2 heterocycles. The maximum Gasteiger partial charge on any atom is 0.330 e. The van der Waals surface area contributed by atoms with Gasteiger partial charge in [0.05, 0.1) is 6.10 Å². The second-order valence-electron chi connectivity index (χ2n) is 7.47. The standard InChI is InChI=1S/C15H26N2O4Si/c1-6-11-10(2)15(20,9-22(3,4)5)13(21-11)17-8-7-12(18)16-14(17)19/h7-8,10-11,13,20H,6,9H2,1-5H3,(H,16,18,19)/t10-,11-,13-,15+/m1/s1. The Labute approximate surface area is 131 Å². The maximum atomic E-state index is 12.1. The van der Waals surface area contributed by atoms with Gasteiger partial charge in [0.15, 0.2) is 6.23 Å². The van der Waals surface area contributed by atoms with E-state index < -0.39 is 31.2 Å². The van der Waals surface area contributed by atoms with Crippen molar-refractivity contribution in [2.24, 2.45) is 5.92 Å². The normalized spacial score (nSPS) is 32.4. The molecule has 0 spiro atoms. The van der Waals surface area contributed by atoms with Crippen LogP contribution in [0, 0.1) is 5.92 Å². The fourth-order valence-electron chi connectivity index (χ4n) is 3.41. The summed E-state index contributed by atoms with van der Waals surface area (Å²) in [5.74, 6) is -0.0759. The Kier molecular flexibility index (Phi) is 4.52. The summed E-state index contributed by atoms with van der Waals surface area (Å²) in [6.07, 6.45) is 1.31. The van der Waals surface area contributed by atoms with Crippen LogP contribution in [0.5, 0.6) is 0 Å². The van der Waals surface area contributed by atoms with E-state index in [1.54, 1.807) is 0 Å². The van der Waals surface area contributed by atoms with Gasteiger partial charge in [0, 0.05) is 26.3 Å². The highest BCUT2D eigenvalue weighted by molar-refractivity contribution is 6.76. The lowest BCUT2D eigenvalue weighted by atomic mass is 9.87. The van der Waals surface area contributed by atoms with E-state index in [1.807, 2.05) is 13.8 Å². The summed E-state index contributed by atoms with van der Waals surface area (Å²) in [6.45, 7) is 10.5. The number of hydrogen-bond acceptors (Lipinski definition) is 4. The molecule has 0 unspecified atom stereocenters. The van der Waals surface area contributed by atoms with Crippen LogP contribution >= 0.6 is 0 Å². The van der Waals surface area contributed by atoms with Gasteiger partial charge in [-0.3, -0.25) is 14.3 Å². The molecule has 1 saturated heterocycles. The molecule has 1 aromatic rings. The average molecular weight is 326 g/mol. The van der Waals surface area contributed by atoms with Gasteiger partial charge in [0.2, 0.25) is 0 Å². The van der Waals surface area contributed by atoms with Crippen LogP contribution in [0.3, 0.4) is 0 Å². The molecule has 0 amide bonds. The summed E-state index contributed by atoms with van der Waals surface area (Å²) in [5.41, 5.74) is -2.10. The van der Waals surface area contributed by atoms with E-state index in [0.29, 0.717) is 6.04 Å². The quantitative estimate of drug-likeness (QED) is 0.822. The first-order valence-corrected chi connectivity index (χ1v) is 11.5. The van der Waals surface area contributed by atoms with Gasteiger partial charge in [-0.25, -0.2) is 4.79 Å². The number of aromatic amines is 1. The predicted molar refractivity (Wildman–Crippen MR) is 87.8 cm³/mol. The smallest absolute Gasteiger partial charge is 0.330 e. The van der Waals surface area contributed by atoms with Crippen LogP contribution in [0.1, 0.15) is 26.5 Å². The summed E-state index contributed by atoms with van der Waals surface area (Å²) in [5, 5.41) is 11.4. The zero-order valence-corrected chi connectivity index (χ0v) is 14.9. The maximum absolute atomic E-state index is 12.1. The highest BCUT2D eigenvalue weighted by Gasteiger charge is 2.55. The van der Waals surface area contributed by atoms with Crippen LogP contribution in [-0.2, 0) is 4.74 Å². The van der Waals surface area contributed by atoms with Crippen LogP contribution in [0.2, 0.25) is 25.7 Å². The Morgan fingerprint density at radius 2 is 2.05 bits per heavy atom. The van der Waals surface area contributed by atoms with Crippen LogP contribution in [0.25, 0.3) is 0 Å². The number of ether oxygens (including phenoxy) is 1. The number of aromatic nitrogens is 2. The molecule has 124 valence electrons. The van der Waals surface area contributed by atoms with Gasteiger partial charge in [-0.05, 0) is 12.5 Å². The van der Waals surface area contributed by atoms with Crippen molar-refractivity contribution in [3.05, 3.63) is 33.1 Å². The largest absolute Gasteiger partial charge is 0.385 e. The number of nitrogens with zero attached hydrogens (tertiary/aromatic N) is 1. The molecule has 1 aromatic heterocycles. The lowest BCUT2D eigenvalue weighted by Crippen LogP contribution is -2.49. The molecule has 0 aliphatic carbocycles. The lowest BCUT2D eigenvalue weighted by molar-refractivity contribution is -0.0881. The summed E-state index contributed by atoms with van der Waals surface area (Å²) in [6, 6.07) is 1.91. The molecule has 0 bridgehead atoms. The molecule has 1 aliphatic rings. The van der Waals surface area contributed by atoms with Crippen LogP contribution in [0.4, 0.5) is 0 Å². The van der Waals surface area contributed by atoms with Crippen LogP contribution < -0.4 is 11.2 Å². The highest BCUT2D eigenvalue weighted by atomic mass is 28.3. The number of rotatable bonds is 4. The molecular weight excluding hydrogens is 300 g/mol. The van der Waals surface area contributed by atoms with E-state index in [0.717, 1.165) is 6.42 Å². The van der Waals surface area contributed by atoms with E-state index in [4.69, 9.17) is 4.74 Å². The first-order valence-electron chi connectivity index (χ1n) is 7.78. The van der Waals surface area contributed by atoms with E-state index in [9.17, 15) is 14.7 Å². The molecule has 1 aliphatic heterocycles. The number of nitrogens with one attached hydrogen (secondary N) is 1. The molecule has 0 saturated carbocycles. The topological polar surface area (TPSA) is 84.3 Å². The predicted octanol–water partition coefficient (Wildman–Crippen LogP) is 1.55. The Morgan fingerprint density at radius 1 is 1.41 bits per heavy atom. The van der Waals surface area contributed by atoms with Gasteiger partial charge in [-0.15, -0.1) is 0 Å². The van der Waals surface area contributed by atoms with Crippen molar-refractivity contribution in [2.45, 2.75) is 63.9 Å². The number of H-pyrrole nitrogens is 1. The minimum Gasteiger partial charge on any atom is -0.385 e. The second kappa shape index (κ2) is 5.79. The Bertz CT molecular complexity index is 648. The van der Waals surface area contributed by atoms with E-state index in [2.05, 4.69) is 24.6 Å². The van der Waals surface area contributed by atoms with E-state index in [1.165, 1.54) is 16.8 Å². The van der Waals surface area contributed by atoms with Gasteiger partial charge < -0.3 is 9.84 Å². The van der Waals surface area contributed by atoms with E-state index in [-0.39, 0.29) is 12.0 Å². The van der Waals surface area contributed by atoms with Crippen LogP contribution in [-0.4, -0.2) is 34.4 Å². The molecule has 1 fully saturated rings. The molecular formula is C15H26N2O4Si. The first kappa shape index (κ1) is 17.2.